The lowest BCUT2D eigenvalue weighted by Gasteiger charge is -2.09. The van der Waals surface area contributed by atoms with E-state index in [1.54, 1.807) is 6.26 Å². The van der Waals surface area contributed by atoms with Crippen LogP contribution in [0.25, 0.3) is 0 Å². The molecule has 0 saturated heterocycles. The van der Waals surface area contributed by atoms with Gasteiger partial charge in [0.25, 0.3) is 0 Å². The molecule has 0 aliphatic heterocycles. The molecule has 0 bridgehead atoms. The average Bonchev–Trinajstić information content (AvgIpc) is 2.69. The van der Waals surface area contributed by atoms with Crippen LogP contribution in [-0.4, -0.2) is 17.6 Å². The second-order valence-electron chi connectivity index (χ2n) is 3.14. The minimum atomic E-state index is 0.00922. The molecule has 1 aromatic heterocycles. The maximum atomic E-state index is 8.41. The number of rotatable bonds is 5. The molecule has 1 heterocycles. The normalized spacial score (nSPS) is 14.2. The Balaban J connectivity index is 2.22. The fourth-order valence-electron chi connectivity index (χ4n) is 1.03. The number of furan rings is 1. The number of amidine groups is 1. The maximum Gasteiger partial charge on any atom is 0.143 e. The summed E-state index contributed by atoms with van der Waals surface area (Å²) >= 11 is 0. The summed E-state index contributed by atoms with van der Waals surface area (Å²) in [6.45, 7) is 3.18. The van der Waals surface area contributed by atoms with E-state index in [0.717, 1.165) is 5.76 Å². The molecule has 0 spiro atoms. The van der Waals surface area contributed by atoms with E-state index in [9.17, 15) is 0 Å². The predicted molar refractivity (Wildman–Crippen MR) is 53.0 cm³/mol. The highest BCUT2D eigenvalue weighted by molar-refractivity contribution is 5.82. The fraction of sp³-hybridized carbons (Fsp3) is 0.444. The molecular formula is C9H15N3O2. The zero-order valence-electron chi connectivity index (χ0n) is 8.10. The number of nitrogens with one attached hydrogen (secondary N) is 1. The van der Waals surface area contributed by atoms with Crippen molar-refractivity contribution < 1.29 is 9.62 Å². The average molecular weight is 197 g/mol. The van der Waals surface area contributed by atoms with E-state index in [2.05, 4.69) is 10.5 Å². The van der Waals surface area contributed by atoms with Crippen LogP contribution in [0.5, 0.6) is 0 Å². The lowest BCUT2D eigenvalue weighted by atomic mass is 10.1. The van der Waals surface area contributed by atoms with Crippen LogP contribution in [-0.2, 0) is 6.54 Å². The van der Waals surface area contributed by atoms with Crippen molar-refractivity contribution in [1.29, 1.82) is 0 Å². The number of nitrogens with zero attached hydrogens (tertiary/aromatic N) is 1. The van der Waals surface area contributed by atoms with E-state index in [1.807, 2.05) is 19.1 Å². The van der Waals surface area contributed by atoms with Gasteiger partial charge in [0.05, 0.1) is 12.8 Å². The first-order valence-corrected chi connectivity index (χ1v) is 4.44. The third-order valence-corrected chi connectivity index (χ3v) is 1.95. The summed E-state index contributed by atoms with van der Waals surface area (Å²) in [6.07, 6.45) is 1.63. The summed E-state index contributed by atoms with van der Waals surface area (Å²) in [5.41, 5.74) is 5.41. The zero-order valence-corrected chi connectivity index (χ0v) is 8.10. The second kappa shape index (κ2) is 5.29. The highest BCUT2D eigenvalue weighted by Crippen LogP contribution is 1.99. The van der Waals surface area contributed by atoms with E-state index < -0.39 is 0 Å². The van der Waals surface area contributed by atoms with Gasteiger partial charge in [-0.15, -0.1) is 0 Å². The highest BCUT2D eigenvalue weighted by Gasteiger charge is 2.06. The summed E-state index contributed by atoms with van der Waals surface area (Å²) in [5.74, 6) is 1.11. The van der Waals surface area contributed by atoms with Crippen LogP contribution >= 0.6 is 0 Å². The molecule has 0 radical (unpaired) electrons. The van der Waals surface area contributed by atoms with Crippen molar-refractivity contribution in [3.05, 3.63) is 24.2 Å². The van der Waals surface area contributed by atoms with Gasteiger partial charge in [-0.3, -0.25) is 0 Å². The number of hydrogen-bond acceptors (Lipinski definition) is 4. The molecule has 14 heavy (non-hydrogen) atoms. The molecule has 0 aliphatic rings. The molecule has 0 saturated carbocycles. The van der Waals surface area contributed by atoms with Gasteiger partial charge in [0.1, 0.15) is 11.6 Å². The second-order valence-corrected chi connectivity index (χ2v) is 3.14. The van der Waals surface area contributed by atoms with Gasteiger partial charge in [-0.25, -0.2) is 0 Å². The summed E-state index contributed by atoms with van der Waals surface area (Å²) in [4.78, 5) is 0. The highest BCUT2D eigenvalue weighted by atomic mass is 16.4. The monoisotopic (exact) mass is 197 g/mol. The van der Waals surface area contributed by atoms with Crippen molar-refractivity contribution in [3.63, 3.8) is 0 Å². The first-order valence-electron chi connectivity index (χ1n) is 4.44. The lowest BCUT2D eigenvalue weighted by Crippen LogP contribution is -2.30. The summed E-state index contributed by atoms with van der Waals surface area (Å²) in [6, 6.07) is 3.73. The van der Waals surface area contributed by atoms with Gasteiger partial charge in [-0.1, -0.05) is 12.1 Å². The minimum absolute atomic E-state index is 0.00922. The first kappa shape index (κ1) is 10.6. The van der Waals surface area contributed by atoms with Crippen LogP contribution in [0, 0.1) is 5.92 Å². The van der Waals surface area contributed by atoms with Crippen LogP contribution in [0.15, 0.2) is 28.0 Å². The smallest absolute Gasteiger partial charge is 0.143 e. The van der Waals surface area contributed by atoms with Gasteiger partial charge in [0, 0.05) is 12.5 Å². The van der Waals surface area contributed by atoms with Crippen molar-refractivity contribution in [2.75, 3.05) is 6.54 Å². The Morgan fingerprint density at radius 1 is 1.79 bits per heavy atom. The number of hydrogen-bond donors (Lipinski definition) is 3. The van der Waals surface area contributed by atoms with Crippen LogP contribution < -0.4 is 11.1 Å². The maximum absolute atomic E-state index is 8.41. The third kappa shape index (κ3) is 3.10. The molecule has 0 aliphatic carbocycles. The van der Waals surface area contributed by atoms with Crippen molar-refractivity contribution in [2.24, 2.45) is 16.8 Å². The molecule has 78 valence electrons. The van der Waals surface area contributed by atoms with Crippen LogP contribution in [0.3, 0.4) is 0 Å². The van der Waals surface area contributed by atoms with Crippen LogP contribution in [0.4, 0.5) is 0 Å². The van der Waals surface area contributed by atoms with Crippen molar-refractivity contribution in [2.45, 2.75) is 13.5 Å². The van der Waals surface area contributed by atoms with Crippen molar-refractivity contribution in [3.8, 4) is 0 Å². The molecule has 0 amide bonds. The Bertz CT molecular complexity index is 282. The van der Waals surface area contributed by atoms with E-state index in [4.69, 9.17) is 15.4 Å². The molecule has 5 nitrogen and oxygen atoms in total. The molecule has 1 rings (SSSR count). The van der Waals surface area contributed by atoms with Gasteiger partial charge in [-0.05, 0) is 12.1 Å². The van der Waals surface area contributed by atoms with E-state index in [1.165, 1.54) is 0 Å². The molecule has 4 N–H and O–H groups in total. The first-order chi connectivity index (χ1) is 6.74. The lowest BCUT2D eigenvalue weighted by molar-refractivity contribution is 0.314. The SMILES string of the molecule is CC(CNCc1ccco1)C(N)=NO. The quantitative estimate of drug-likeness (QED) is 0.281. The Labute approximate surface area is 82.6 Å². The Hall–Kier alpha value is -1.49. The fourth-order valence-corrected chi connectivity index (χ4v) is 1.03. The minimum Gasteiger partial charge on any atom is -0.468 e. The molecule has 5 heteroatoms. The molecule has 0 aromatic carbocycles. The van der Waals surface area contributed by atoms with E-state index >= 15 is 0 Å². The standard InChI is InChI=1S/C9H15N3O2/c1-7(9(10)12-13)5-11-6-8-3-2-4-14-8/h2-4,7,11,13H,5-6H2,1H3,(H2,10,12). The van der Waals surface area contributed by atoms with Crippen LogP contribution in [0.1, 0.15) is 12.7 Å². The van der Waals surface area contributed by atoms with Crippen LogP contribution in [0.2, 0.25) is 0 Å². The molecule has 0 fully saturated rings. The van der Waals surface area contributed by atoms with E-state index in [0.29, 0.717) is 13.1 Å². The van der Waals surface area contributed by atoms with Gasteiger partial charge in [0.15, 0.2) is 0 Å². The largest absolute Gasteiger partial charge is 0.468 e. The zero-order chi connectivity index (χ0) is 10.4. The summed E-state index contributed by atoms with van der Waals surface area (Å²) < 4.78 is 5.13. The number of nitrogens with two attached hydrogens (primary N) is 1. The van der Waals surface area contributed by atoms with Crippen molar-refractivity contribution >= 4 is 5.84 Å². The third-order valence-electron chi connectivity index (χ3n) is 1.95. The van der Waals surface area contributed by atoms with Gasteiger partial charge < -0.3 is 20.7 Å². The molecular weight excluding hydrogens is 182 g/mol. The van der Waals surface area contributed by atoms with E-state index in [-0.39, 0.29) is 11.8 Å². The van der Waals surface area contributed by atoms with Crippen molar-refractivity contribution in [1.82, 2.24) is 5.32 Å². The topological polar surface area (TPSA) is 83.8 Å². The summed E-state index contributed by atoms with van der Waals surface area (Å²) in [5, 5.41) is 14.5. The van der Waals surface area contributed by atoms with Gasteiger partial charge in [-0.2, -0.15) is 0 Å². The Morgan fingerprint density at radius 3 is 3.14 bits per heavy atom. The molecule has 1 aromatic rings. The predicted octanol–water partition coefficient (Wildman–Crippen LogP) is 0.752. The van der Waals surface area contributed by atoms with Gasteiger partial charge in [0.2, 0.25) is 0 Å². The van der Waals surface area contributed by atoms with Gasteiger partial charge >= 0.3 is 0 Å². The molecule has 1 unspecified atom stereocenters. The summed E-state index contributed by atoms with van der Waals surface area (Å²) in [7, 11) is 0. The Kier molecular flexibility index (Phi) is 4.00. The Morgan fingerprint density at radius 2 is 2.57 bits per heavy atom. The number of oxime groups is 1. The molecule has 1 atom stereocenters.